The molecule has 12 unspecified atom stereocenters. The first kappa shape index (κ1) is 85.3. The number of nitrogens with one attached hydrogen (secondary N) is 1. The van der Waals surface area contributed by atoms with Crippen LogP contribution in [0.5, 0.6) is 0 Å². The fraction of sp³-hybridized carbons (Fsp3) is 0.909. The highest BCUT2D eigenvalue weighted by Crippen LogP contribution is 2.30. The summed E-state index contributed by atoms with van der Waals surface area (Å²) >= 11 is 0. The molecule has 2 fully saturated rings. The number of hydrogen-bond acceptors (Lipinski definition) is 13. The largest absolute Gasteiger partial charge is 0.394 e. The van der Waals surface area contributed by atoms with Crippen LogP contribution in [0.15, 0.2) is 36.5 Å². The number of hydrogen-bond donors (Lipinski definition) is 9. The Morgan fingerprint density at radius 1 is 0.385 bits per heavy atom. The second kappa shape index (κ2) is 61.8. The highest BCUT2D eigenvalue weighted by atomic mass is 16.7. The lowest BCUT2D eigenvalue weighted by atomic mass is 9.97. The van der Waals surface area contributed by atoms with E-state index in [4.69, 9.17) is 18.9 Å². The molecule has 0 aromatic heterocycles. The zero-order valence-corrected chi connectivity index (χ0v) is 58.6. The number of carbonyl (C=O) groups excluding carboxylic acids is 1. The third-order valence-electron chi connectivity index (χ3n) is 19.1. The van der Waals surface area contributed by atoms with Crippen LogP contribution in [-0.2, 0) is 23.7 Å². The summed E-state index contributed by atoms with van der Waals surface area (Å²) < 4.78 is 22.9. The van der Waals surface area contributed by atoms with Crippen LogP contribution in [0.1, 0.15) is 354 Å². The predicted molar refractivity (Wildman–Crippen MR) is 374 cm³/mol. The third-order valence-corrected chi connectivity index (χ3v) is 19.1. The molecule has 1 amide bonds. The van der Waals surface area contributed by atoms with Gasteiger partial charge in [-0.2, -0.15) is 0 Å². The number of carbonyl (C=O) groups is 1. The number of unbranched alkanes of at least 4 members (excludes halogenated alkanes) is 48. The first-order chi connectivity index (χ1) is 44.6. The van der Waals surface area contributed by atoms with Crippen molar-refractivity contribution in [3.63, 3.8) is 0 Å². The van der Waals surface area contributed by atoms with Crippen molar-refractivity contribution in [2.24, 2.45) is 0 Å². The lowest BCUT2D eigenvalue weighted by molar-refractivity contribution is -0.359. The second-order valence-corrected chi connectivity index (χ2v) is 27.5. The van der Waals surface area contributed by atoms with Gasteiger partial charge in [0.25, 0.3) is 0 Å². The van der Waals surface area contributed by atoms with E-state index in [1.54, 1.807) is 6.08 Å². The van der Waals surface area contributed by atoms with Crippen LogP contribution in [0, 0.1) is 0 Å². The number of amides is 1. The average Bonchev–Trinajstić information content (AvgIpc) is 1.04. The summed E-state index contributed by atoms with van der Waals surface area (Å²) in [6.45, 7) is 2.83. The summed E-state index contributed by atoms with van der Waals surface area (Å²) in [5.41, 5.74) is 0. The monoisotopic (exact) mass is 1290 g/mol. The average molecular weight is 1290 g/mol. The van der Waals surface area contributed by atoms with Gasteiger partial charge < -0.3 is 65.1 Å². The van der Waals surface area contributed by atoms with Gasteiger partial charge in [0.15, 0.2) is 12.6 Å². The van der Waals surface area contributed by atoms with Gasteiger partial charge in [-0.25, -0.2) is 0 Å². The topological polar surface area (TPSA) is 228 Å². The quantitative estimate of drug-likeness (QED) is 0.0204. The van der Waals surface area contributed by atoms with Crippen molar-refractivity contribution in [1.82, 2.24) is 5.32 Å². The molecular weight excluding hydrogens is 1150 g/mol. The molecule has 0 aromatic carbocycles. The fourth-order valence-electron chi connectivity index (χ4n) is 12.9. The van der Waals surface area contributed by atoms with E-state index in [1.165, 1.54) is 276 Å². The van der Waals surface area contributed by atoms with E-state index in [2.05, 4.69) is 43.5 Å². The molecule has 9 N–H and O–H groups in total. The predicted octanol–water partition coefficient (Wildman–Crippen LogP) is 16.9. The van der Waals surface area contributed by atoms with E-state index in [9.17, 15) is 45.6 Å². The lowest BCUT2D eigenvalue weighted by Crippen LogP contribution is -2.65. The van der Waals surface area contributed by atoms with E-state index >= 15 is 0 Å². The fourth-order valence-corrected chi connectivity index (χ4v) is 12.9. The first-order valence-corrected chi connectivity index (χ1v) is 38.7. The maximum absolute atomic E-state index is 13.3. The van der Waals surface area contributed by atoms with Crippen molar-refractivity contribution >= 4 is 5.91 Å². The van der Waals surface area contributed by atoms with Crippen molar-refractivity contribution in [2.45, 2.75) is 428 Å². The zero-order chi connectivity index (χ0) is 65.9. The van der Waals surface area contributed by atoms with Crippen LogP contribution in [0.4, 0.5) is 0 Å². The number of aliphatic hydroxyl groups excluding tert-OH is 8. The highest BCUT2D eigenvalue weighted by molar-refractivity contribution is 5.76. The van der Waals surface area contributed by atoms with Crippen molar-refractivity contribution in [2.75, 3.05) is 19.8 Å². The van der Waals surface area contributed by atoms with Gasteiger partial charge in [-0.15, -0.1) is 0 Å². The van der Waals surface area contributed by atoms with Crippen LogP contribution >= 0.6 is 0 Å². The number of ether oxygens (including phenoxy) is 4. The normalized spacial score (nSPS) is 22.9. The Bertz CT molecular complexity index is 1670. The molecule has 0 bridgehead atoms. The van der Waals surface area contributed by atoms with E-state index in [0.29, 0.717) is 12.8 Å². The molecule has 2 heterocycles. The van der Waals surface area contributed by atoms with Crippen molar-refractivity contribution in [1.29, 1.82) is 0 Å². The van der Waals surface area contributed by atoms with Gasteiger partial charge in [-0.05, 0) is 44.9 Å². The van der Waals surface area contributed by atoms with Gasteiger partial charge in [0.05, 0.1) is 32.0 Å². The van der Waals surface area contributed by atoms with Crippen molar-refractivity contribution in [3.8, 4) is 0 Å². The van der Waals surface area contributed by atoms with Crippen molar-refractivity contribution in [3.05, 3.63) is 36.5 Å². The van der Waals surface area contributed by atoms with Crippen LogP contribution in [-0.4, -0.2) is 140 Å². The lowest BCUT2D eigenvalue weighted by Gasteiger charge is -2.46. The number of allylic oxidation sites excluding steroid dienone is 5. The van der Waals surface area contributed by atoms with Gasteiger partial charge >= 0.3 is 0 Å². The summed E-state index contributed by atoms with van der Waals surface area (Å²) in [6.07, 6.45) is 63.8. The minimum atomic E-state index is -1.79. The number of aliphatic hydroxyl groups is 8. The van der Waals surface area contributed by atoms with Crippen LogP contribution in [0.25, 0.3) is 0 Å². The van der Waals surface area contributed by atoms with Crippen LogP contribution in [0.3, 0.4) is 0 Å². The Balaban J connectivity index is 1.61. The smallest absolute Gasteiger partial charge is 0.220 e. The summed E-state index contributed by atoms with van der Waals surface area (Å²) in [5.74, 6) is -0.246. The molecule has 91 heavy (non-hydrogen) atoms. The summed E-state index contributed by atoms with van der Waals surface area (Å²) in [5, 5.41) is 87.5. The molecule has 14 heteroatoms. The Hall–Kier alpha value is -1.79. The first-order valence-electron chi connectivity index (χ1n) is 38.7. The minimum Gasteiger partial charge on any atom is -0.394 e. The van der Waals surface area contributed by atoms with E-state index in [1.807, 2.05) is 6.08 Å². The molecule has 0 aromatic rings. The summed E-state index contributed by atoms with van der Waals surface area (Å²) in [6, 6.07) is -0.937. The Morgan fingerprint density at radius 3 is 1.08 bits per heavy atom. The molecule has 2 saturated heterocycles. The molecule has 2 rings (SSSR count). The number of rotatable bonds is 65. The van der Waals surface area contributed by atoms with E-state index in [0.717, 1.165) is 44.9 Å². The Morgan fingerprint density at radius 2 is 0.703 bits per heavy atom. The van der Waals surface area contributed by atoms with Crippen molar-refractivity contribution < 1.29 is 64.6 Å². The molecule has 2 aliphatic rings. The summed E-state index contributed by atoms with van der Waals surface area (Å²) in [7, 11) is 0. The van der Waals surface area contributed by atoms with Gasteiger partial charge in [-0.1, -0.05) is 339 Å². The molecule has 0 aliphatic carbocycles. The highest BCUT2D eigenvalue weighted by Gasteiger charge is 2.51. The van der Waals surface area contributed by atoms with Gasteiger partial charge in [-0.3, -0.25) is 4.79 Å². The zero-order valence-electron chi connectivity index (χ0n) is 58.6. The van der Waals surface area contributed by atoms with Gasteiger partial charge in [0, 0.05) is 6.42 Å². The second-order valence-electron chi connectivity index (χ2n) is 27.5. The molecule has 0 radical (unpaired) electrons. The molecule has 12 atom stereocenters. The van der Waals surface area contributed by atoms with Crippen LogP contribution < -0.4 is 5.32 Å². The molecular formula is C77H145NO13. The Kier molecular flexibility index (Phi) is 57.9. The van der Waals surface area contributed by atoms with Crippen LogP contribution in [0.2, 0.25) is 0 Å². The van der Waals surface area contributed by atoms with E-state index < -0.39 is 86.8 Å². The molecule has 2 aliphatic heterocycles. The van der Waals surface area contributed by atoms with Gasteiger partial charge in [0.1, 0.15) is 48.8 Å². The SMILES string of the molecule is CCCCCCCCCCCCC/C=C/CC/C=C/CC/C=C/C(O)C(COC1OC(CO)C(OC2OC(CO)C(O)C(O)C2O)C(O)C1O)NC(=O)CCCCCCCCCCCCCCCCCCCCCCCCCCCCCCCCCCCCCC. The minimum absolute atomic E-state index is 0.246. The van der Waals surface area contributed by atoms with E-state index in [-0.39, 0.29) is 18.9 Å². The molecule has 0 saturated carbocycles. The maximum atomic E-state index is 13.3. The standard InChI is InChI=1S/C77H145NO13/c1-3-5-7-9-11-13-15-17-19-21-23-25-26-27-28-29-30-31-32-33-34-35-36-37-38-39-41-43-45-47-49-51-53-55-57-59-61-69(82)78-65(66(81)60-58-56-54-52-50-48-46-44-42-40-24-22-20-18-16-14-12-10-8-6-4-2)64-88-76-74(87)72(85)75(68(63-80)90-76)91-77-73(86)71(84)70(83)67(62-79)89-77/h42,44,50,52,58,60,65-68,70-77,79-81,83-87H,3-41,43,45-49,51,53-57,59,61-64H2,1-2H3,(H,78,82)/b44-42+,52-50+,60-58+. The third kappa shape index (κ3) is 45.4. The molecule has 536 valence electrons. The molecule has 14 nitrogen and oxygen atoms in total. The summed E-state index contributed by atoms with van der Waals surface area (Å²) in [4.78, 5) is 13.3. The van der Waals surface area contributed by atoms with Gasteiger partial charge in [0.2, 0.25) is 5.91 Å². The molecule has 0 spiro atoms. The maximum Gasteiger partial charge on any atom is 0.220 e. The Labute approximate surface area is 557 Å².